The van der Waals surface area contributed by atoms with Gasteiger partial charge in [0, 0.05) is 6.61 Å². The van der Waals surface area contributed by atoms with E-state index in [0.717, 1.165) is 12.8 Å². The van der Waals surface area contributed by atoms with Crippen molar-refractivity contribution < 1.29 is 14.9 Å². The van der Waals surface area contributed by atoms with E-state index in [4.69, 9.17) is 17.0 Å². The molecule has 0 aliphatic carbocycles. The van der Waals surface area contributed by atoms with Gasteiger partial charge in [-0.25, -0.2) is 0 Å². The zero-order valence-electron chi connectivity index (χ0n) is 11.1. The van der Waals surface area contributed by atoms with Crippen LogP contribution in [0.3, 0.4) is 0 Å². The normalized spacial score (nSPS) is 18.6. The molecule has 3 N–H and O–H groups in total. The first kappa shape index (κ1) is 13.8. The minimum atomic E-state index is -0.200. The Morgan fingerprint density at radius 1 is 1.43 bits per heavy atom. The predicted octanol–water partition coefficient (Wildman–Crippen LogP) is 2.09. The highest BCUT2D eigenvalue weighted by atomic mass is 32.1. The van der Waals surface area contributed by atoms with Gasteiger partial charge in [0.2, 0.25) is 4.77 Å². The fraction of sp³-hybridized carbons (Fsp3) is 0.308. The highest BCUT2D eigenvalue weighted by Crippen LogP contribution is 2.27. The van der Waals surface area contributed by atoms with Crippen LogP contribution >= 0.6 is 12.2 Å². The lowest BCUT2D eigenvalue weighted by Gasteiger charge is -2.07. The number of nitrogens with zero attached hydrogens (tertiary/aromatic N) is 3. The molecule has 0 spiro atoms. The molecule has 0 radical (unpaired) electrons. The number of hydrogen-bond acceptors (Lipinski definition) is 6. The van der Waals surface area contributed by atoms with Gasteiger partial charge in [0.15, 0.2) is 17.3 Å². The van der Waals surface area contributed by atoms with E-state index < -0.39 is 0 Å². The van der Waals surface area contributed by atoms with E-state index in [1.54, 1.807) is 6.07 Å². The van der Waals surface area contributed by atoms with Gasteiger partial charge in [-0.3, -0.25) is 5.10 Å². The minimum absolute atomic E-state index is 0.108. The van der Waals surface area contributed by atoms with E-state index in [0.29, 0.717) is 22.8 Å². The largest absolute Gasteiger partial charge is 0.504 e. The number of hydrogen-bond donors (Lipinski definition) is 3. The Morgan fingerprint density at radius 3 is 3.00 bits per heavy atom. The third-order valence-corrected chi connectivity index (χ3v) is 3.48. The van der Waals surface area contributed by atoms with Gasteiger partial charge in [-0.2, -0.15) is 14.9 Å². The standard InChI is InChI=1S/C13H14N4O3S/c18-9-4-3-8(6-10(9)19)7-14-17-12(15-16-13(17)21)11-2-1-5-20-11/h3-4,6-7,11,18-19H,1-2,5H2,(H,16,21)/b14-7+/t11-/m1/s1. The van der Waals surface area contributed by atoms with Gasteiger partial charge < -0.3 is 14.9 Å². The van der Waals surface area contributed by atoms with Crippen molar-refractivity contribution in [3.8, 4) is 11.5 Å². The summed E-state index contributed by atoms with van der Waals surface area (Å²) in [7, 11) is 0. The molecule has 7 nitrogen and oxygen atoms in total. The van der Waals surface area contributed by atoms with Gasteiger partial charge in [0.05, 0.1) is 6.21 Å². The van der Waals surface area contributed by atoms with Crippen LogP contribution in [0, 0.1) is 4.77 Å². The summed E-state index contributed by atoms with van der Waals surface area (Å²) in [6.07, 6.45) is 3.29. The summed E-state index contributed by atoms with van der Waals surface area (Å²) in [5, 5.41) is 29.9. The van der Waals surface area contributed by atoms with Gasteiger partial charge >= 0.3 is 0 Å². The average molecular weight is 306 g/mol. The summed E-state index contributed by atoms with van der Waals surface area (Å²) in [5.74, 6) is 0.262. The van der Waals surface area contributed by atoms with Crippen molar-refractivity contribution >= 4 is 18.4 Å². The van der Waals surface area contributed by atoms with Crippen molar-refractivity contribution in [1.82, 2.24) is 14.9 Å². The Morgan fingerprint density at radius 2 is 2.29 bits per heavy atom. The van der Waals surface area contributed by atoms with Crippen LogP contribution in [0.2, 0.25) is 0 Å². The number of H-pyrrole nitrogens is 1. The second-order valence-corrected chi connectivity index (χ2v) is 5.08. The molecule has 2 heterocycles. The lowest BCUT2D eigenvalue weighted by Crippen LogP contribution is -2.05. The maximum Gasteiger partial charge on any atom is 0.216 e. The predicted molar refractivity (Wildman–Crippen MR) is 78.1 cm³/mol. The molecule has 0 bridgehead atoms. The highest BCUT2D eigenvalue weighted by Gasteiger charge is 2.23. The van der Waals surface area contributed by atoms with E-state index in [2.05, 4.69) is 15.3 Å². The Hall–Kier alpha value is -2.19. The molecule has 1 fully saturated rings. The van der Waals surface area contributed by atoms with Crippen LogP contribution < -0.4 is 0 Å². The molecule has 3 rings (SSSR count). The number of ether oxygens (including phenoxy) is 1. The van der Waals surface area contributed by atoms with E-state index in [9.17, 15) is 10.2 Å². The van der Waals surface area contributed by atoms with Crippen LogP contribution in [0.4, 0.5) is 0 Å². The van der Waals surface area contributed by atoms with Crippen LogP contribution in [0.1, 0.15) is 30.3 Å². The first-order valence-electron chi connectivity index (χ1n) is 6.50. The lowest BCUT2D eigenvalue weighted by molar-refractivity contribution is 0.102. The zero-order valence-corrected chi connectivity index (χ0v) is 11.9. The molecule has 0 unspecified atom stereocenters. The van der Waals surface area contributed by atoms with Crippen LogP contribution in [0.5, 0.6) is 11.5 Å². The Bertz CT molecular complexity index is 731. The van der Waals surface area contributed by atoms with Gasteiger partial charge in [0.25, 0.3) is 0 Å². The molecule has 8 heteroatoms. The second-order valence-electron chi connectivity index (χ2n) is 4.69. The van der Waals surface area contributed by atoms with Crippen molar-refractivity contribution in [2.75, 3.05) is 6.61 Å². The maximum absolute atomic E-state index is 9.46. The summed E-state index contributed by atoms with van der Waals surface area (Å²) in [6.45, 7) is 0.708. The molecule has 110 valence electrons. The Kier molecular flexibility index (Phi) is 3.72. The molecular weight excluding hydrogens is 292 g/mol. The number of aromatic hydroxyl groups is 2. The molecule has 0 amide bonds. The third-order valence-electron chi connectivity index (χ3n) is 3.21. The first-order chi connectivity index (χ1) is 10.1. The summed E-state index contributed by atoms with van der Waals surface area (Å²) >= 11 is 5.16. The number of aromatic amines is 1. The number of aromatic nitrogens is 3. The molecule has 1 atom stereocenters. The first-order valence-corrected chi connectivity index (χ1v) is 6.91. The topological polar surface area (TPSA) is 95.7 Å². The second kappa shape index (κ2) is 5.66. The molecule has 1 aromatic carbocycles. The van der Waals surface area contributed by atoms with Gasteiger partial charge in [-0.05, 0) is 48.8 Å². The number of phenolic OH excluding ortho intramolecular Hbond substituents is 2. The molecule has 1 aliphatic rings. The van der Waals surface area contributed by atoms with Crippen molar-refractivity contribution in [2.45, 2.75) is 18.9 Å². The van der Waals surface area contributed by atoms with Gasteiger partial charge in [0.1, 0.15) is 6.10 Å². The van der Waals surface area contributed by atoms with Gasteiger partial charge in [-0.1, -0.05) is 0 Å². The van der Waals surface area contributed by atoms with Crippen LogP contribution in [0.15, 0.2) is 23.3 Å². The van der Waals surface area contributed by atoms with Crippen molar-refractivity contribution in [1.29, 1.82) is 0 Å². The molecule has 0 saturated carbocycles. The number of phenols is 2. The fourth-order valence-electron chi connectivity index (χ4n) is 2.15. The molecule has 2 aromatic rings. The number of nitrogens with one attached hydrogen (secondary N) is 1. The van der Waals surface area contributed by atoms with Crippen LogP contribution in [0.25, 0.3) is 0 Å². The summed E-state index contributed by atoms with van der Waals surface area (Å²) < 4.78 is 7.47. The summed E-state index contributed by atoms with van der Waals surface area (Å²) in [5.41, 5.74) is 0.631. The molecule has 21 heavy (non-hydrogen) atoms. The quantitative estimate of drug-likeness (QED) is 0.458. The molecule has 1 saturated heterocycles. The van der Waals surface area contributed by atoms with Crippen molar-refractivity contribution in [3.63, 3.8) is 0 Å². The maximum atomic E-state index is 9.46. The molecular formula is C13H14N4O3S. The molecule has 1 aliphatic heterocycles. The smallest absolute Gasteiger partial charge is 0.216 e. The number of benzene rings is 1. The highest BCUT2D eigenvalue weighted by molar-refractivity contribution is 7.71. The van der Waals surface area contributed by atoms with Crippen molar-refractivity contribution in [3.05, 3.63) is 34.4 Å². The lowest BCUT2D eigenvalue weighted by atomic mass is 10.2. The van der Waals surface area contributed by atoms with Crippen LogP contribution in [-0.4, -0.2) is 37.9 Å². The SMILES string of the molecule is Oc1ccc(/C=N/n2c([C@H]3CCCO3)n[nH]c2=S)cc1O. The Labute approximate surface area is 125 Å². The van der Waals surface area contributed by atoms with E-state index in [1.807, 2.05) is 0 Å². The van der Waals surface area contributed by atoms with E-state index in [1.165, 1.54) is 23.0 Å². The molecule has 1 aromatic heterocycles. The van der Waals surface area contributed by atoms with Crippen LogP contribution in [-0.2, 0) is 4.74 Å². The van der Waals surface area contributed by atoms with E-state index >= 15 is 0 Å². The zero-order chi connectivity index (χ0) is 14.8. The van der Waals surface area contributed by atoms with Crippen molar-refractivity contribution in [2.24, 2.45) is 5.10 Å². The summed E-state index contributed by atoms with van der Waals surface area (Å²) in [6, 6.07) is 4.44. The summed E-state index contributed by atoms with van der Waals surface area (Å²) in [4.78, 5) is 0. The number of rotatable bonds is 3. The average Bonchev–Trinajstić information content (AvgIpc) is 3.10. The minimum Gasteiger partial charge on any atom is -0.504 e. The monoisotopic (exact) mass is 306 g/mol. The Balaban J connectivity index is 1.90. The van der Waals surface area contributed by atoms with Gasteiger partial charge in [-0.15, -0.1) is 0 Å². The van der Waals surface area contributed by atoms with E-state index in [-0.39, 0.29) is 17.6 Å². The fourth-order valence-corrected chi connectivity index (χ4v) is 2.34. The third kappa shape index (κ3) is 2.81.